The number of carbonyl (C=O) groups excluding carboxylic acids is 1. The van der Waals surface area contributed by atoms with E-state index in [4.69, 9.17) is 0 Å². The highest BCUT2D eigenvalue weighted by Crippen LogP contribution is 2.30. The SMILES string of the molecule is C[C@@H](NC(=O)c1ccccc1F)[C@H](c1cccs1)N1CCN(c2ccccc2)CC1. The van der Waals surface area contributed by atoms with Crippen molar-refractivity contribution in [3.05, 3.63) is 88.4 Å². The number of hydrogen-bond acceptors (Lipinski definition) is 4. The van der Waals surface area contributed by atoms with E-state index in [2.05, 4.69) is 50.8 Å². The maximum absolute atomic E-state index is 14.0. The van der Waals surface area contributed by atoms with Gasteiger partial charge in [0, 0.05) is 42.8 Å². The number of hydrogen-bond donors (Lipinski definition) is 1. The van der Waals surface area contributed by atoms with Crippen LogP contribution in [0.2, 0.25) is 0 Å². The van der Waals surface area contributed by atoms with Crippen LogP contribution in [0.5, 0.6) is 0 Å². The summed E-state index contributed by atoms with van der Waals surface area (Å²) in [4.78, 5) is 18.7. The smallest absolute Gasteiger partial charge is 0.254 e. The van der Waals surface area contributed by atoms with Crippen LogP contribution < -0.4 is 10.2 Å². The molecular formula is C24H26FN3OS. The van der Waals surface area contributed by atoms with E-state index >= 15 is 0 Å². The van der Waals surface area contributed by atoms with Gasteiger partial charge in [0.2, 0.25) is 0 Å². The zero-order valence-electron chi connectivity index (χ0n) is 17.0. The quantitative estimate of drug-likeness (QED) is 0.631. The number of benzene rings is 2. The van der Waals surface area contributed by atoms with Gasteiger partial charge in [0.05, 0.1) is 11.6 Å². The lowest BCUT2D eigenvalue weighted by Gasteiger charge is -2.42. The number of piperazine rings is 1. The van der Waals surface area contributed by atoms with Crippen molar-refractivity contribution < 1.29 is 9.18 Å². The van der Waals surface area contributed by atoms with E-state index in [1.807, 2.05) is 19.1 Å². The Kier molecular flexibility index (Phi) is 6.45. The summed E-state index contributed by atoms with van der Waals surface area (Å²) in [6, 6.07) is 20.6. The summed E-state index contributed by atoms with van der Waals surface area (Å²) < 4.78 is 14.0. The maximum atomic E-state index is 14.0. The van der Waals surface area contributed by atoms with Gasteiger partial charge in [0.1, 0.15) is 5.82 Å². The highest BCUT2D eigenvalue weighted by atomic mass is 32.1. The monoisotopic (exact) mass is 423 g/mol. The molecule has 1 aliphatic rings. The summed E-state index contributed by atoms with van der Waals surface area (Å²) >= 11 is 1.70. The van der Waals surface area contributed by atoms with E-state index in [0.717, 1.165) is 26.2 Å². The van der Waals surface area contributed by atoms with Gasteiger partial charge in [-0.15, -0.1) is 11.3 Å². The molecule has 2 atom stereocenters. The molecule has 1 aliphatic heterocycles. The Morgan fingerprint density at radius 3 is 2.33 bits per heavy atom. The number of para-hydroxylation sites is 1. The summed E-state index contributed by atoms with van der Waals surface area (Å²) in [5, 5.41) is 5.10. The zero-order chi connectivity index (χ0) is 20.9. The van der Waals surface area contributed by atoms with Gasteiger partial charge in [0.25, 0.3) is 5.91 Å². The second kappa shape index (κ2) is 9.41. The first-order valence-electron chi connectivity index (χ1n) is 10.3. The molecule has 1 aromatic heterocycles. The van der Waals surface area contributed by atoms with Gasteiger partial charge in [-0.2, -0.15) is 0 Å². The van der Waals surface area contributed by atoms with Crippen LogP contribution in [0.25, 0.3) is 0 Å². The van der Waals surface area contributed by atoms with E-state index < -0.39 is 5.82 Å². The summed E-state index contributed by atoms with van der Waals surface area (Å²) in [6.07, 6.45) is 0. The van der Waals surface area contributed by atoms with Crippen molar-refractivity contribution in [3.8, 4) is 0 Å². The van der Waals surface area contributed by atoms with Crippen LogP contribution in [-0.2, 0) is 0 Å². The van der Waals surface area contributed by atoms with Gasteiger partial charge in [-0.1, -0.05) is 36.4 Å². The Balaban J connectivity index is 1.47. The number of rotatable bonds is 6. The predicted molar refractivity (Wildman–Crippen MR) is 121 cm³/mol. The summed E-state index contributed by atoms with van der Waals surface area (Å²) in [7, 11) is 0. The van der Waals surface area contributed by atoms with Crippen LogP contribution in [0.15, 0.2) is 72.1 Å². The van der Waals surface area contributed by atoms with E-state index in [1.165, 1.54) is 22.7 Å². The minimum Gasteiger partial charge on any atom is -0.369 e. The lowest BCUT2D eigenvalue weighted by Crippen LogP contribution is -2.52. The van der Waals surface area contributed by atoms with Gasteiger partial charge in [-0.3, -0.25) is 9.69 Å². The van der Waals surface area contributed by atoms with Crippen molar-refractivity contribution in [2.24, 2.45) is 0 Å². The van der Waals surface area contributed by atoms with Gasteiger partial charge in [0.15, 0.2) is 0 Å². The molecule has 2 aromatic carbocycles. The van der Waals surface area contributed by atoms with Crippen LogP contribution in [0, 0.1) is 5.82 Å². The van der Waals surface area contributed by atoms with Crippen LogP contribution in [0.4, 0.5) is 10.1 Å². The van der Waals surface area contributed by atoms with E-state index in [1.54, 1.807) is 23.5 Å². The fourth-order valence-corrected chi connectivity index (χ4v) is 5.07. The van der Waals surface area contributed by atoms with Crippen molar-refractivity contribution >= 4 is 22.9 Å². The molecule has 0 radical (unpaired) electrons. The maximum Gasteiger partial charge on any atom is 0.254 e. The van der Waals surface area contributed by atoms with E-state index in [0.29, 0.717) is 0 Å². The molecule has 3 aromatic rings. The minimum absolute atomic E-state index is 0.0543. The Bertz CT molecular complexity index is 956. The molecule has 0 saturated carbocycles. The van der Waals surface area contributed by atoms with E-state index in [-0.39, 0.29) is 23.6 Å². The number of nitrogens with zero attached hydrogens (tertiary/aromatic N) is 2. The third kappa shape index (κ3) is 4.55. The van der Waals surface area contributed by atoms with Crippen LogP contribution >= 0.6 is 11.3 Å². The second-order valence-corrected chi connectivity index (χ2v) is 8.54. The average Bonchev–Trinajstić information content (AvgIpc) is 3.29. The molecular weight excluding hydrogens is 397 g/mol. The molecule has 0 bridgehead atoms. The molecule has 4 rings (SSSR count). The molecule has 2 heterocycles. The molecule has 1 N–H and O–H groups in total. The number of carbonyl (C=O) groups is 1. The Morgan fingerprint density at radius 1 is 0.967 bits per heavy atom. The molecule has 30 heavy (non-hydrogen) atoms. The molecule has 1 amide bonds. The highest BCUT2D eigenvalue weighted by Gasteiger charge is 2.31. The van der Waals surface area contributed by atoms with Gasteiger partial charge >= 0.3 is 0 Å². The molecule has 0 unspecified atom stereocenters. The Morgan fingerprint density at radius 2 is 1.67 bits per heavy atom. The van der Waals surface area contributed by atoms with Crippen LogP contribution in [-0.4, -0.2) is 43.0 Å². The molecule has 156 valence electrons. The van der Waals surface area contributed by atoms with Crippen molar-refractivity contribution in [1.82, 2.24) is 10.2 Å². The largest absolute Gasteiger partial charge is 0.369 e. The van der Waals surface area contributed by atoms with Crippen molar-refractivity contribution in [1.29, 1.82) is 0 Å². The predicted octanol–water partition coefficient (Wildman–Crippen LogP) is 4.57. The third-order valence-electron chi connectivity index (χ3n) is 5.61. The number of nitrogens with one attached hydrogen (secondary N) is 1. The summed E-state index contributed by atoms with van der Waals surface area (Å²) in [5.74, 6) is -0.864. The Hall–Kier alpha value is -2.70. The lowest BCUT2D eigenvalue weighted by atomic mass is 10.0. The first kappa shape index (κ1) is 20.6. The number of halogens is 1. The second-order valence-electron chi connectivity index (χ2n) is 7.56. The fraction of sp³-hybridized carbons (Fsp3) is 0.292. The van der Waals surface area contributed by atoms with Crippen LogP contribution in [0.3, 0.4) is 0 Å². The first-order valence-corrected chi connectivity index (χ1v) is 11.1. The van der Waals surface area contributed by atoms with Crippen LogP contribution in [0.1, 0.15) is 28.2 Å². The fourth-order valence-electron chi connectivity index (χ4n) is 4.11. The standard InChI is InChI=1S/C24H26FN3OS/c1-18(26-24(29)20-10-5-6-11-21(20)25)23(22-12-7-17-30-22)28-15-13-27(14-16-28)19-8-3-2-4-9-19/h2-12,17-18,23H,13-16H2,1H3,(H,26,29)/t18-,23-/m1/s1. The number of anilines is 1. The first-order chi connectivity index (χ1) is 14.6. The van der Waals surface area contributed by atoms with Crippen molar-refractivity contribution in [2.75, 3.05) is 31.1 Å². The molecule has 1 saturated heterocycles. The molecule has 0 spiro atoms. The zero-order valence-corrected chi connectivity index (χ0v) is 17.8. The number of amides is 1. The Labute approximate surface area is 180 Å². The third-order valence-corrected chi connectivity index (χ3v) is 6.56. The lowest BCUT2D eigenvalue weighted by molar-refractivity contribution is 0.0886. The summed E-state index contributed by atoms with van der Waals surface area (Å²) in [5.41, 5.74) is 1.33. The molecule has 1 fully saturated rings. The van der Waals surface area contributed by atoms with Gasteiger partial charge in [-0.25, -0.2) is 4.39 Å². The van der Waals surface area contributed by atoms with Crippen molar-refractivity contribution in [3.63, 3.8) is 0 Å². The highest BCUT2D eigenvalue weighted by molar-refractivity contribution is 7.10. The normalized spacial score (nSPS) is 16.8. The topological polar surface area (TPSA) is 35.6 Å². The van der Waals surface area contributed by atoms with Gasteiger partial charge in [-0.05, 0) is 42.6 Å². The average molecular weight is 424 g/mol. The number of thiophene rings is 1. The van der Waals surface area contributed by atoms with Crippen molar-refractivity contribution in [2.45, 2.75) is 19.0 Å². The minimum atomic E-state index is -0.494. The van der Waals surface area contributed by atoms with E-state index in [9.17, 15) is 9.18 Å². The molecule has 0 aliphatic carbocycles. The molecule has 6 heteroatoms. The molecule has 4 nitrogen and oxygen atoms in total. The summed E-state index contributed by atoms with van der Waals surface area (Å²) in [6.45, 7) is 5.67. The van der Waals surface area contributed by atoms with Gasteiger partial charge < -0.3 is 10.2 Å².